The van der Waals surface area contributed by atoms with Crippen molar-refractivity contribution in [2.45, 2.75) is 19.3 Å². The molecule has 1 aromatic heterocycles. The van der Waals surface area contributed by atoms with E-state index in [1.54, 1.807) is 23.1 Å². The topological polar surface area (TPSA) is 99.3 Å². The van der Waals surface area contributed by atoms with Crippen molar-refractivity contribution >= 4 is 38.3 Å². The highest BCUT2D eigenvalue weighted by molar-refractivity contribution is 7.92. The van der Waals surface area contributed by atoms with E-state index in [2.05, 4.69) is 21.8 Å². The number of aromatic nitrogens is 1. The van der Waals surface area contributed by atoms with Gasteiger partial charge in [0.15, 0.2) is 0 Å². The summed E-state index contributed by atoms with van der Waals surface area (Å²) in [4.78, 5) is 30.3. The highest BCUT2D eigenvalue weighted by Gasteiger charge is 2.29. The number of nitrogens with one attached hydrogen (secondary N) is 2. The number of benzene rings is 2. The largest absolute Gasteiger partial charge is 0.360 e. The number of nitrogens with zero attached hydrogens (tertiary/aromatic N) is 1. The number of sulfonamides is 1. The van der Waals surface area contributed by atoms with Crippen molar-refractivity contribution in [3.05, 3.63) is 65.9 Å². The van der Waals surface area contributed by atoms with Crippen molar-refractivity contribution < 1.29 is 18.0 Å². The van der Waals surface area contributed by atoms with Crippen LogP contribution in [0, 0.1) is 5.92 Å². The zero-order valence-corrected chi connectivity index (χ0v) is 18.1. The number of anilines is 1. The van der Waals surface area contributed by atoms with Crippen LogP contribution in [0.25, 0.3) is 10.9 Å². The first kappa shape index (κ1) is 21.1. The maximum Gasteiger partial charge on any atom is 0.295 e. The fourth-order valence-corrected chi connectivity index (χ4v) is 4.69. The van der Waals surface area contributed by atoms with Gasteiger partial charge in [-0.1, -0.05) is 36.4 Å². The van der Waals surface area contributed by atoms with E-state index in [1.165, 1.54) is 11.8 Å². The van der Waals surface area contributed by atoms with Crippen LogP contribution in [-0.2, 0) is 21.2 Å². The Hall–Kier alpha value is -3.13. The van der Waals surface area contributed by atoms with Gasteiger partial charge < -0.3 is 9.88 Å². The third-order valence-electron chi connectivity index (χ3n) is 5.69. The molecule has 2 aromatic carbocycles. The van der Waals surface area contributed by atoms with Crippen LogP contribution in [0.5, 0.6) is 0 Å². The molecule has 1 aliphatic heterocycles. The van der Waals surface area contributed by atoms with Gasteiger partial charge in [0.1, 0.15) is 0 Å². The molecular weight excluding hydrogens is 414 g/mol. The van der Waals surface area contributed by atoms with Crippen LogP contribution >= 0.6 is 0 Å². The van der Waals surface area contributed by atoms with Gasteiger partial charge in [-0.05, 0) is 42.9 Å². The number of carbonyl (C=O) groups is 2. The Morgan fingerprint density at radius 2 is 1.81 bits per heavy atom. The molecule has 1 amide bonds. The summed E-state index contributed by atoms with van der Waals surface area (Å²) < 4.78 is 25.2. The number of likely N-dealkylation sites (tertiary alicyclic amines) is 1. The van der Waals surface area contributed by atoms with Gasteiger partial charge in [-0.2, -0.15) is 0 Å². The summed E-state index contributed by atoms with van der Waals surface area (Å²) in [7, 11) is -3.40. The van der Waals surface area contributed by atoms with Crippen LogP contribution in [-0.4, -0.2) is 49.3 Å². The number of ketones is 1. The van der Waals surface area contributed by atoms with Crippen LogP contribution in [0.1, 0.15) is 28.8 Å². The first-order valence-electron chi connectivity index (χ1n) is 10.3. The number of hydrogen-bond acceptors (Lipinski definition) is 4. The van der Waals surface area contributed by atoms with Gasteiger partial charge in [-0.15, -0.1) is 0 Å². The number of H-pyrrole nitrogens is 1. The van der Waals surface area contributed by atoms with Crippen molar-refractivity contribution in [2.75, 3.05) is 24.1 Å². The SMILES string of the molecule is CS(=O)(=O)Nc1ccc2c(C(=O)C(=O)N3CCC(Cc4ccccc4)CC3)c[nH]c2c1. The molecule has 31 heavy (non-hydrogen) atoms. The molecule has 2 heterocycles. The summed E-state index contributed by atoms with van der Waals surface area (Å²) in [6, 6.07) is 15.1. The maximum atomic E-state index is 12.9. The monoisotopic (exact) mass is 439 g/mol. The third-order valence-corrected chi connectivity index (χ3v) is 6.30. The molecule has 1 aliphatic rings. The lowest BCUT2D eigenvalue weighted by Gasteiger charge is -2.31. The first-order chi connectivity index (χ1) is 14.8. The fourth-order valence-electron chi connectivity index (χ4n) is 4.14. The standard InChI is InChI=1S/C23H25N3O4S/c1-31(29,30)25-18-7-8-19-20(15-24-21(19)14-18)22(27)23(28)26-11-9-17(10-12-26)13-16-5-3-2-4-6-16/h2-8,14-15,17,24-25H,9-13H2,1H3. The van der Waals surface area contributed by atoms with Gasteiger partial charge >= 0.3 is 0 Å². The average Bonchev–Trinajstić information content (AvgIpc) is 3.16. The number of amides is 1. The molecule has 0 radical (unpaired) electrons. The molecule has 0 unspecified atom stereocenters. The average molecular weight is 440 g/mol. The van der Waals surface area contributed by atoms with E-state index in [4.69, 9.17) is 0 Å². The number of aromatic amines is 1. The van der Waals surface area contributed by atoms with Crippen LogP contribution in [0.2, 0.25) is 0 Å². The molecule has 3 aromatic rings. The molecule has 0 saturated carbocycles. The summed E-state index contributed by atoms with van der Waals surface area (Å²) in [5, 5.41) is 0.594. The minimum atomic E-state index is -3.40. The van der Waals surface area contributed by atoms with Crippen molar-refractivity contribution in [3.8, 4) is 0 Å². The molecule has 0 aliphatic carbocycles. The summed E-state index contributed by atoms with van der Waals surface area (Å²) >= 11 is 0. The lowest BCUT2D eigenvalue weighted by molar-refractivity contribution is -0.127. The van der Waals surface area contributed by atoms with E-state index in [0.717, 1.165) is 25.5 Å². The molecule has 1 fully saturated rings. The number of hydrogen-bond donors (Lipinski definition) is 2. The molecule has 0 bridgehead atoms. The number of carbonyl (C=O) groups excluding carboxylic acids is 2. The number of fused-ring (bicyclic) bond motifs is 1. The van der Waals surface area contributed by atoms with Crippen molar-refractivity contribution in [1.29, 1.82) is 0 Å². The molecule has 7 nitrogen and oxygen atoms in total. The Bertz CT molecular complexity index is 1210. The molecule has 0 atom stereocenters. The first-order valence-corrected chi connectivity index (χ1v) is 12.2. The summed E-state index contributed by atoms with van der Waals surface area (Å²) in [6.45, 7) is 1.15. The maximum absolute atomic E-state index is 12.9. The second-order valence-corrected chi connectivity index (χ2v) is 9.84. The fraction of sp³-hybridized carbons (Fsp3) is 0.304. The molecule has 4 rings (SSSR count). The number of rotatable bonds is 6. The van der Waals surface area contributed by atoms with Crippen LogP contribution in [0.3, 0.4) is 0 Å². The highest BCUT2D eigenvalue weighted by atomic mass is 32.2. The molecule has 8 heteroatoms. The van der Waals surface area contributed by atoms with E-state index in [9.17, 15) is 18.0 Å². The summed E-state index contributed by atoms with van der Waals surface area (Å²) in [5.41, 5.74) is 2.58. The zero-order chi connectivity index (χ0) is 22.0. The Labute approximate surface area is 181 Å². The van der Waals surface area contributed by atoms with E-state index >= 15 is 0 Å². The highest BCUT2D eigenvalue weighted by Crippen LogP contribution is 2.25. The second-order valence-electron chi connectivity index (χ2n) is 8.09. The van der Waals surface area contributed by atoms with Crippen molar-refractivity contribution in [2.24, 2.45) is 5.92 Å². The van der Waals surface area contributed by atoms with Crippen molar-refractivity contribution in [1.82, 2.24) is 9.88 Å². The van der Waals surface area contributed by atoms with Crippen LogP contribution in [0.4, 0.5) is 5.69 Å². The quantitative estimate of drug-likeness (QED) is 0.455. The van der Waals surface area contributed by atoms with E-state index in [1.807, 2.05) is 18.2 Å². The minimum absolute atomic E-state index is 0.303. The van der Waals surface area contributed by atoms with Crippen LogP contribution in [0.15, 0.2) is 54.7 Å². The second kappa shape index (κ2) is 8.55. The Balaban J connectivity index is 1.41. The third kappa shape index (κ3) is 4.96. The summed E-state index contributed by atoms with van der Waals surface area (Å²) in [5.74, 6) is -0.524. The van der Waals surface area contributed by atoms with Gasteiger partial charge in [0.2, 0.25) is 10.0 Å². The van der Waals surface area contributed by atoms with E-state index in [-0.39, 0.29) is 0 Å². The molecule has 2 N–H and O–H groups in total. The Morgan fingerprint density at radius 1 is 1.10 bits per heavy atom. The minimum Gasteiger partial charge on any atom is -0.360 e. The predicted octanol–water partition coefficient (Wildman–Crippen LogP) is 3.20. The number of piperidine rings is 1. The predicted molar refractivity (Wildman–Crippen MR) is 121 cm³/mol. The van der Waals surface area contributed by atoms with Gasteiger partial charge in [-0.25, -0.2) is 8.42 Å². The molecular formula is C23H25N3O4S. The van der Waals surface area contributed by atoms with Gasteiger partial charge in [0.25, 0.3) is 11.7 Å². The lowest BCUT2D eigenvalue weighted by atomic mass is 9.90. The van der Waals surface area contributed by atoms with Crippen LogP contribution < -0.4 is 4.72 Å². The van der Waals surface area contributed by atoms with Gasteiger partial charge in [0.05, 0.1) is 17.5 Å². The molecule has 0 spiro atoms. The summed E-state index contributed by atoms with van der Waals surface area (Å²) in [6.07, 6.45) is 5.33. The van der Waals surface area contributed by atoms with E-state index < -0.39 is 21.7 Å². The molecule has 162 valence electrons. The normalized spacial score (nSPS) is 15.2. The smallest absolute Gasteiger partial charge is 0.295 e. The van der Waals surface area contributed by atoms with Gasteiger partial charge in [-0.3, -0.25) is 14.3 Å². The lowest BCUT2D eigenvalue weighted by Crippen LogP contribution is -2.42. The Kier molecular flexibility index (Phi) is 5.82. The van der Waals surface area contributed by atoms with E-state index in [0.29, 0.717) is 41.2 Å². The molecule has 1 saturated heterocycles. The Morgan fingerprint density at radius 3 is 2.48 bits per heavy atom. The zero-order valence-electron chi connectivity index (χ0n) is 17.3. The van der Waals surface area contributed by atoms with Crippen molar-refractivity contribution in [3.63, 3.8) is 0 Å². The number of Topliss-reactive ketones (excluding diaryl/α,β-unsaturated/α-hetero) is 1. The van der Waals surface area contributed by atoms with Gasteiger partial charge in [0, 0.05) is 30.2 Å².